The number of hydrogen-bond donors (Lipinski definition) is 1. The molecule has 1 fully saturated rings. The molecule has 0 radical (unpaired) electrons. The molecule has 0 aliphatic carbocycles. The highest BCUT2D eigenvalue weighted by Gasteiger charge is 2.13. The van der Waals surface area contributed by atoms with Crippen molar-refractivity contribution in [3.05, 3.63) is 10.0 Å². The van der Waals surface area contributed by atoms with Crippen molar-refractivity contribution >= 4 is 11.3 Å². The Kier molecular flexibility index (Phi) is 3.66. The van der Waals surface area contributed by atoms with Crippen LogP contribution in [-0.2, 0) is 6.54 Å². The first-order valence-electron chi connectivity index (χ1n) is 5.51. The molecule has 0 saturated carbocycles. The van der Waals surface area contributed by atoms with E-state index in [-0.39, 0.29) is 0 Å². The summed E-state index contributed by atoms with van der Waals surface area (Å²) in [5.74, 6) is 0.499. The van der Waals surface area contributed by atoms with Gasteiger partial charge in [-0.1, -0.05) is 25.2 Å². The third-order valence-electron chi connectivity index (χ3n) is 2.54. The average molecular weight is 226 g/mol. The Hall–Kier alpha value is -0.520. The highest BCUT2D eigenvalue weighted by Crippen LogP contribution is 2.19. The van der Waals surface area contributed by atoms with Gasteiger partial charge in [-0.05, 0) is 0 Å². The van der Waals surface area contributed by atoms with Crippen LogP contribution in [-0.4, -0.2) is 41.3 Å². The van der Waals surface area contributed by atoms with Crippen molar-refractivity contribution in [3.8, 4) is 0 Å². The largest absolute Gasteiger partial charge is 0.314 e. The molecular formula is C10H18N4S. The van der Waals surface area contributed by atoms with E-state index in [1.54, 1.807) is 11.3 Å². The van der Waals surface area contributed by atoms with Gasteiger partial charge in [0, 0.05) is 32.1 Å². The van der Waals surface area contributed by atoms with Crippen molar-refractivity contribution in [1.82, 2.24) is 20.4 Å². The summed E-state index contributed by atoms with van der Waals surface area (Å²) in [5, 5.41) is 14.1. The zero-order valence-corrected chi connectivity index (χ0v) is 10.2. The van der Waals surface area contributed by atoms with Crippen LogP contribution in [0.25, 0.3) is 0 Å². The molecule has 2 heterocycles. The lowest BCUT2D eigenvalue weighted by Gasteiger charge is -2.25. The summed E-state index contributed by atoms with van der Waals surface area (Å²) < 4.78 is 0. The molecule has 1 saturated heterocycles. The number of rotatable bonds is 3. The SMILES string of the molecule is CC(C)c1nnc(CN2CCNCC2)s1. The Balaban J connectivity index is 1.91. The Morgan fingerprint density at radius 3 is 2.67 bits per heavy atom. The van der Waals surface area contributed by atoms with Crippen molar-refractivity contribution in [1.29, 1.82) is 0 Å². The van der Waals surface area contributed by atoms with Gasteiger partial charge in [-0.15, -0.1) is 10.2 Å². The quantitative estimate of drug-likeness (QED) is 0.837. The second-order valence-corrected chi connectivity index (χ2v) is 5.31. The molecule has 0 unspecified atom stereocenters. The standard InChI is InChI=1S/C10H18N4S/c1-8(2)10-13-12-9(15-10)7-14-5-3-11-4-6-14/h8,11H,3-7H2,1-2H3. The number of nitrogens with zero attached hydrogens (tertiary/aromatic N) is 3. The van der Waals surface area contributed by atoms with Gasteiger partial charge in [-0.3, -0.25) is 4.90 Å². The van der Waals surface area contributed by atoms with Crippen LogP contribution in [0.15, 0.2) is 0 Å². The number of hydrogen-bond acceptors (Lipinski definition) is 5. The molecule has 5 heteroatoms. The van der Waals surface area contributed by atoms with Gasteiger partial charge in [-0.2, -0.15) is 0 Å². The molecule has 2 rings (SSSR count). The lowest BCUT2D eigenvalue weighted by molar-refractivity contribution is 0.232. The van der Waals surface area contributed by atoms with E-state index >= 15 is 0 Å². The summed E-state index contributed by atoms with van der Waals surface area (Å²) in [4.78, 5) is 2.43. The van der Waals surface area contributed by atoms with E-state index in [2.05, 4.69) is 34.3 Å². The second-order valence-electron chi connectivity index (χ2n) is 4.21. The van der Waals surface area contributed by atoms with E-state index in [1.165, 1.54) is 0 Å². The molecular weight excluding hydrogens is 208 g/mol. The fourth-order valence-corrected chi connectivity index (χ4v) is 2.51. The van der Waals surface area contributed by atoms with Crippen molar-refractivity contribution in [2.24, 2.45) is 0 Å². The third kappa shape index (κ3) is 2.96. The first kappa shape index (κ1) is 11.0. The van der Waals surface area contributed by atoms with Gasteiger partial charge >= 0.3 is 0 Å². The van der Waals surface area contributed by atoms with Gasteiger partial charge in [0.25, 0.3) is 0 Å². The maximum atomic E-state index is 4.24. The van der Waals surface area contributed by atoms with Crippen LogP contribution in [0.2, 0.25) is 0 Å². The minimum Gasteiger partial charge on any atom is -0.314 e. The van der Waals surface area contributed by atoms with Crippen molar-refractivity contribution in [2.45, 2.75) is 26.3 Å². The summed E-state index contributed by atoms with van der Waals surface area (Å²) in [7, 11) is 0. The summed E-state index contributed by atoms with van der Waals surface area (Å²) in [6.45, 7) is 9.72. The average Bonchev–Trinajstić information content (AvgIpc) is 2.68. The zero-order chi connectivity index (χ0) is 10.7. The molecule has 0 spiro atoms. The van der Waals surface area contributed by atoms with E-state index in [4.69, 9.17) is 0 Å². The molecule has 0 aromatic carbocycles. The highest BCUT2D eigenvalue weighted by atomic mass is 32.1. The molecule has 15 heavy (non-hydrogen) atoms. The second kappa shape index (κ2) is 5.01. The van der Waals surface area contributed by atoms with Crippen molar-refractivity contribution in [2.75, 3.05) is 26.2 Å². The number of piperazine rings is 1. The Bertz CT molecular complexity index is 304. The van der Waals surface area contributed by atoms with Gasteiger partial charge in [0.15, 0.2) is 0 Å². The number of nitrogens with one attached hydrogen (secondary N) is 1. The summed E-state index contributed by atoms with van der Waals surface area (Å²) in [6.07, 6.45) is 0. The molecule has 1 aliphatic rings. The van der Waals surface area contributed by atoms with Gasteiger partial charge in [0.1, 0.15) is 10.0 Å². The van der Waals surface area contributed by atoms with E-state index in [1.807, 2.05) is 0 Å². The minimum atomic E-state index is 0.499. The topological polar surface area (TPSA) is 41.1 Å². The van der Waals surface area contributed by atoms with Crippen LogP contribution in [0, 0.1) is 0 Å². The van der Waals surface area contributed by atoms with Crippen LogP contribution in [0.5, 0.6) is 0 Å². The Morgan fingerprint density at radius 1 is 1.33 bits per heavy atom. The van der Waals surface area contributed by atoms with Crippen LogP contribution in [0.3, 0.4) is 0 Å². The molecule has 1 N–H and O–H groups in total. The number of aromatic nitrogens is 2. The van der Waals surface area contributed by atoms with Crippen molar-refractivity contribution < 1.29 is 0 Å². The monoisotopic (exact) mass is 226 g/mol. The van der Waals surface area contributed by atoms with E-state index in [0.29, 0.717) is 5.92 Å². The van der Waals surface area contributed by atoms with Crippen molar-refractivity contribution in [3.63, 3.8) is 0 Å². The summed E-state index contributed by atoms with van der Waals surface area (Å²) in [6, 6.07) is 0. The smallest absolute Gasteiger partial charge is 0.131 e. The fraction of sp³-hybridized carbons (Fsp3) is 0.800. The molecule has 0 bridgehead atoms. The van der Waals surface area contributed by atoms with Gasteiger partial charge in [0.05, 0.1) is 6.54 Å². The molecule has 1 aromatic rings. The maximum Gasteiger partial charge on any atom is 0.131 e. The maximum absolute atomic E-state index is 4.24. The highest BCUT2D eigenvalue weighted by molar-refractivity contribution is 7.11. The first-order valence-corrected chi connectivity index (χ1v) is 6.32. The van der Waals surface area contributed by atoms with E-state index < -0.39 is 0 Å². The predicted octanol–water partition coefficient (Wildman–Crippen LogP) is 1.07. The molecule has 0 amide bonds. The third-order valence-corrected chi connectivity index (χ3v) is 3.75. The Labute approximate surface area is 94.7 Å². The van der Waals surface area contributed by atoms with Gasteiger partial charge in [0.2, 0.25) is 0 Å². The van der Waals surface area contributed by atoms with Gasteiger partial charge < -0.3 is 5.32 Å². The molecule has 4 nitrogen and oxygen atoms in total. The van der Waals surface area contributed by atoms with E-state index in [0.717, 1.165) is 42.7 Å². The fourth-order valence-electron chi connectivity index (χ4n) is 1.62. The van der Waals surface area contributed by atoms with Gasteiger partial charge in [-0.25, -0.2) is 0 Å². The van der Waals surface area contributed by atoms with Crippen LogP contribution in [0.4, 0.5) is 0 Å². The molecule has 1 aliphatic heterocycles. The Morgan fingerprint density at radius 2 is 2.07 bits per heavy atom. The first-order chi connectivity index (χ1) is 7.25. The lowest BCUT2D eigenvalue weighted by atomic mass is 10.2. The normalized spacial score (nSPS) is 18.6. The molecule has 0 atom stereocenters. The molecule has 84 valence electrons. The van der Waals surface area contributed by atoms with E-state index in [9.17, 15) is 0 Å². The predicted molar refractivity (Wildman–Crippen MR) is 62.1 cm³/mol. The molecule has 1 aromatic heterocycles. The zero-order valence-electron chi connectivity index (χ0n) is 9.36. The lowest BCUT2D eigenvalue weighted by Crippen LogP contribution is -2.42. The van der Waals surface area contributed by atoms with Crippen LogP contribution < -0.4 is 5.32 Å². The van der Waals surface area contributed by atoms with Crippen LogP contribution in [0.1, 0.15) is 29.8 Å². The minimum absolute atomic E-state index is 0.499. The summed E-state index contributed by atoms with van der Waals surface area (Å²) >= 11 is 1.75. The summed E-state index contributed by atoms with van der Waals surface area (Å²) in [5.41, 5.74) is 0. The van der Waals surface area contributed by atoms with Crippen LogP contribution >= 0.6 is 11.3 Å².